The van der Waals surface area contributed by atoms with Gasteiger partial charge in [-0.2, -0.15) is 0 Å². The van der Waals surface area contributed by atoms with Gasteiger partial charge in [-0.15, -0.1) is 0 Å². The largest absolute Gasteiger partial charge is 0.489 e. The number of ether oxygens (including phenoxy) is 2. The Kier molecular flexibility index (Phi) is 5.03. The molecule has 1 heterocycles. The van der Waals surface area contributed by atoms with E-state index in [4.69, 9.17) is 9.47 Å². The quantitative estimate of drug-likeness (QED) is 0.755. The number of aromatic nitrogens is 2. The highest BCUT2D eigenvalue weighted by molar-refractivity contribution is 5.34. The van der Waals surface area contributed by atoms with Gasteiger partial charge >= 0.3 is 6.01 Å². The molecule has 5 nitrogen and oxygen atoms in total. The fourth-order valence-corrected chi connectivity index (χ4v) is 2.28. The van der Waals surface area contributed by atoms with Crippen molar-refractivity contribution < 1.29 is 14.6 Å². The summed E-state index contributed by atoms with van der Waals surface area (Å²) in [6.07, 6.45) is 2.28. The zero-order chi connectivity index (χ0) is 16.8. The number of hydrogen-bond donors (Lipinski definition) is 1. The summed E-state index contributed by atoms with van der Waals surface area (Å²) in [5, 5.41) is 10.5. The van der Waals surface area contributed by atoms with E-state index in [1.807, 2.05) is 54.6 Å². The first-order chi connectivity index (χ1) is 11.8. The number of benzene rings is 2. The molecule has 0 spiro atoms. The van der Waals surface area contributed by atoms with Crippen molar-refractivity contribution in [1.82, 2.24) is 9.97 Å². The van der Waals surface area contributed by atoms with E-state index >= 15 is 0 Å². The summed E-state index contributed by atoms with van der Waals surface area (Å²) in [4.78, 5) is 8.04. The second kappa shape index (κ2) is 7.57. The van der Waals surface area contributed by atoms with Gasteiger partial charge in [-0.3, -0.25) is 0 Å². The smallest absolute Gasteiger partial charge is 0.316 e. The minimum atomic E-state index is -0.823. The third-order valence-electron chi connectivity index (χ3n) is 3.57. The van der Waals surface area contributed by atoms with Gasteiger partial charge in [0.2, 0.25) is 0 Å². The molecule has 1 atom stereocenters. The first-order valence-electron chi connectivity index (χ1n) is 7.57. The van der Waals surface area contributed by atoms with Crippen LogP contribution in [0, 0.1) is 0 Å². The molecular weight excluding hydrogens is 304 g/mol. The number of hydrogen-bond acceptors (Lipinski definition) is 5. The average molecular weight is 322 g/mol. The van der Waals surface area contributed by atoms with Crippen LogP contribution in [-0.4, -0.2) is 22.2 Å². The molecule has 0 radical (unpaired) electrons. The van der Waals surface area contributed by atoms with Crippen LogP contribution in [0.3, 0.4) is 0 Å². The Balaban J connectivity index is 1.71. The summed E-state index contributed by atoms with van der Waals surface area (Å²) in [7, 11) is 1.50. The van der Waals surface area contributed by atoms with Crippen LogP contribution in [0.5, 0.6) is 11.8 Å². The normalized spacial score (nSPS) is 11.8. The van der Waals surface area contributed by atoms with Crippen molar-refractivity contribution in [3.05, 3.63) is 83.7 Å². The van der Waals surface area contributed by atoms with Gasteiger partial charge < -0.3 is 14.6 Å². The fraction of sp³-hybridized carbons (Fsp3) is 0.158. The van der Waals surface area contributed by atoms with Crippen LogP contribution < -0.4 is 9.47 Å². The van der Waals surface area contributed by atoms with E-state index in [1.54, 1.807) is 12.4 Å². The molecule has 0 saturated carbocycles. The van der Waals surface area contributed by atoms with Crippen LogP contribution in [0.15, 0.2) is 67.0 Å². The van der Waals surface area contributed by atoms with Crippen molar-refractivity contribution in [3.63, 3.8) is 0 Å². The molecular formula is C19H18N2O3. The molecule has 3 rings (SSSR count). The third-order valence-corrected chi connectivity index (χ3v) is 3.57. The zero-order valence-electron chi connectivity index (χ0n) is 13.3. The molecule has 0 saturated heterocycles. The lowest BCUT2D eigenvalue weighted by molar-refractivity contribution is 0.217. The minimum absolute atomic E-state index is 0.269. The lowest BCUT2D eigenvalue weighted by Gasteiger charge is -2.13. The van der Waals surface area contributed by atoms with Crippen LogP contribution in [-0.2, 0) is 6.61 Å². The molecule has 0 bridgehead atoms. The predicted molar refractivity (Wildman–Crippen MR) is 89.9 cm³/mol. The fourth-order valence-electron chi connectivity index (χ4n) is 2.28. The number of aliphatic hydroxyl groups excluding tert-OH is 1. The van der Waals surface area contributed by atoms with E-state index in [0.717, 1.165) is 5.56 Å². The lowest BCUT2D eigenvalue weighted by atomic mass is 10.0. The van der Waals surface area contributed by atoms with Gasteiger partial charge in [0.05, 0.1) is 7.11 Å². The molecule has 2 aromatic carbocycles. The SMILES string of the molecule is COc1ncc(C(O)c2cccc(OCc3ccccc3)c2)cn1. The molecule has 0 aliphatic rings. The molecule has 1 N–H and O–H groups in total. The summed E-state index contributed by atoms with van der Waals surface area (Å²) in [5.74, 6) is 0.699. The Labute approximate surface area is 140 Å². The van der Waals surface area contributed by atoms with Crippen molar-refractivity contribution in [1.29, 1.82) is 0 Å². The van der Waals surface area contributed by atoms with Gasteiger partial charge in [0.15, 0.2) is 0 Å². The predicted octanol–water partition coefficient (Wildman–Crippen LogP) is 3.15. The topological polar surface area (TPSA) is 64.5 Å². The Morgan fingerprint density at radius 3 is 2.42 bits per heavy atom. The van der Waals surface area contributed by atoms with Crippen LogP contribution >= 0.6 is 0 Å². The van der Waals surface area contributed by atoms with Crippen LogP contribution in [0.4, 0.5) is 0 Å². The molecule has 0 aliphatic carbocycles. The van der Waals surface area contributed by atoms with Crippen molar-refractivity contribution in [2.24, 2.45) is 0 Å². The monoisotopic (exact) mass is 322 g/mol. The lowest BCUT2D eigenvalue weighted by Crippen LogP contribution is -2.03. The zero-order valence-corrected chi connectivity index (χ0v) is 13.3. The summed E-state index contributed by atoms with van der Waals surface area (Å²) in [6.45, 7) is 0.478. The van der Waals surface area contributed by atoms with Crippen molar-refractivity contribution in [2.45, 2.75) is 12.7 Å². The molecule has 1 unspecified atom stereocenters. The maximum Gasteiger partial charge on any atom is 0.316 e. The van der Waals surface area contributed by atoms with Crippen molar-refractivity contribution in [2.75, 3.05) is 7.11 Å². The number of nitrogens with zero attached hydrogens (tertiary/aromatic N) is 2. The first-order valence-corrected chi connectivity index (χ1v) is 7.57. The van der Waals surface area contributed by atoms with Gasteiger partial charge in [0.25, 0.3) is 0 Å². The van der Waals surface area contributed by atoms with Gasteiger partial charge in [-0.1, -0.05) is 42.5 Å². The standard InChI is InChI=1S/C19H18N2O3/c1-23-19-20-11-16(12-21-19)18(22)15-8-5-9-17(10-15)24-13-14-6-3-2-4-7-14/h2-12,18,22H,13H2,1H3. The van der Waals surface area contributed by atoms with Crippen molar-refractivity contribution in [3.8, 4) is 11.8 Å². The Bertz CT molecular complexity index is 776. The second-order valence-electron chi connectivity index (χ2n) is 5.25. The number of rotatable bonds is 6. The summed E-state index contributed by atoms with van der Waals surface area (Å²) in [5.41, 5.74) is 2.40. The van der Waals surface area contributed by atoms with Crippen LogP contribution in [0.2, 0.25) is 0 Å². The average Bonchev–Trinajstić information content (AvgIpc) is 2.67. The van der Waals surface area contributed by atoms with Gasteiger partial charge in [-0.05, 0) is 23.3 Å². The molecule has 0 fully saturated rings. The van der Waals surface area contributed by atoms with E-state index in [-0.39, 0.29) is 6.01 Å². The van der Waals surface area contributed by atoms with Crippen molar-refractivity contribution >= 4 is 0 Å². The molecule has 0 aliphatic heterocycles. The van der Waals surface area contributed by atoms with E-state index in [9.17, 15) is 5.11 Å². The number of methoxy groups -OCH3 is 1. The highest BCUT2D eigenvalue weighted by atomic mass is 16.5. The highest BCUT2D eigenvalue weighted by Gasteiger charge is 2.12. The van der Waals surface area contributed by atoms with E-state index in [1.165, 1.54) is 7.11 Å². The Hall–Kier alpha value is -2.92. The molecule has 5 heteroatoms. The summed E-state index contributed by atoms with van der Waals surface area (Å²) < 4.78 is 10.7. The van der Waals surface area contributed by atoms with Gasteiger partial charge in [-0.25, -0.2) is 9.97 Å². The Morgan fingerprint density at radius 1 is 0.958 bits per heavy atom. The summed E-state index contributed by atoms with van der Waals surface area (Å²) >= 11 is 0. The third kappa shape index (κ3) is 3.88. The second-order valence-corrected chi connectivity index (χ2v) is 5.25. The molecule has 122 valence electrons. The maximum atomic E-state index is 10.5. The van der Waals surface area contributed by atoms with Crippen LogP contribution in [0.1, 0.15) is 22.8 Å². The molecule has 24 heavy (non-hydrogen) atoms. The minimum Gasteiger partial charge on any atom is -0.489 e. The van der Waals surface area contributed by atoms with Gasteiger partial charge in [0, 0.05) is 18.0 Å². The van der Waals surface area contributed by atoms with E-state index in [2.05, 4.69) is 9.97 Å². The molecule has 0 amide bonds. The maximum absolute atomic E-state index is 10.5. The molecule has 3 aromatic rings. The number of aliphatic hydroxyl groups is 1. The highest BCUT2D eigenvalue weighted by Crippen LogP contribution is 2.25. The molecule has 1 aromatic heterocycles. The first kappa shape index (κ1) is 16.0. The van der Waals surface area contributed by atoms with Crippen LogP contribution in [0.25, 0.3) is 0 Å². The summed E-state index contributed by atoms with van der Waals surface area (Å²) in [6, 6.07) is 17.6. The van der Waals surface area contributed by atoms with E-state index < -0.39 is 6.10 Å². The Morgan fingerprint density at radius 2 is 1.71 bits per heavy atom. The van der Waals surface area contributed by atoms with Gasteiger partial charge in [0.1, 0.15) is 18.5 Å². The van der Waals surface area contributed by atoms with E-state index in [0.29, 0.717) is 23.5 Å².